The molecule has 1 heterocycles. The number of carboxylic acid groups (broad SMARTS) is 1. The number of likely N-dealkylation sites (N-methyl/N-ethyl adjacent to an activating group) is 1. The molecule has 2 amide bonds. The second kappa shape index (κ2) is 9.72. The first-order chi connectivity index (χ1) is 14.0. The van der Waals surface area contributed by atoms with Crippen molar-refractivity contribution in [3.05, 3.63) is 36.0 Å². The average molecular weight is 439 g/mol. The lowest BCUT2D eigenvalue weighted by atomic mass is 10.0. The van der Waals surface area contributed by atoms with Crippen LogP contribution < -0.4 is 15.4 Å². The van der Waals surface area contributed by atoms with E-state index in [-0.39, 0.29) is 18.8 Å². The molecule has 0 radical (unpaired) electrons. The molecule has 0 saturated heterocycles. The van der Waals surface area contributed by atoms with Crippen LogP contribution in [0.4, 0.5) is 4.79 Å². The average Bonchev–Trinajstić information content (AvgIpc) is 3.08. The minimum atomic E-state index is -4.73. The fraction of sp³-hybridized carbons (Fsp3) is 0.421. The van der Waals surface area contributed by atoms with E-state index in [0.717, 1.165) is 16.5 Å². The quantitative estimate of drug-likeness (QED) is 0.392. The molecule has 0 saturated carbocycles. The van der Waals surface area contributed by atoms with Crippen LogP contribution in [0.15, 0.2) is 30.5 Å². The molecule has 1 aromatic heterocycles. The molecule has 1 aromatic carbocycles. The standard InChI is InChI=1S/C19H26N4O6S/c1-11(2)8-16(23-30(28,29)19(26)27)18(25)22-15(17(24)20-3)9-12-10-21-14-7-5-4-6-13(12)14/h4-7,10-11,15-16,21,23H,8-9H2,1-3H3,(H,20,24)(H,22,25)(H,26,27). The van der Waals surface area contributed by atoms with E-state index in [0.29, 0.717) is 0 Å². The molecule has 0 fully saturated rings. The third-order valence-corrected chi connectivity index (χ3v) is 5.58. The zero-order chi connectivity index (χ0) is 22.5. The molecule has 5 N–H and O–H groups in total. The summed E-state index contributed by atoms with van der Waals surface area (Å²) in [5.41, 5.74) is 1.67. The smallest absolute Gasteiger partial charge is 0.437 e. The molecule has 11 heteroatoms. The van der Waals surface area contributed by atoms with Gasteiger partial charge in [0.25, 0.3) is 0 Å². The number of rotatable bonds is 9. The fourth-order valence-electron chi connectivity index (χ4n) is 3.09. The van der Waals surface area contributed by atoms with Crippen LogP contribution in [0.1, 0.15) is 25.8 Å². The van der Waals surface area contributed by atoms with Gasteiger partial charge in [0, 0.05) is 30.6 Å². The van der Waals surface area contributed by atoms with Crippen LogP contribution in [0.5, 0.6) is 0 Å². The summed E-state index contributed by atoms with van der Waals surface area (Å²) in [5, 5.41) is 12.7. The minimum absolute atomic E-state index is 0.0614. The van der Waals surface area contributed by atoms with Gasteiger partial charge in [-0.25, -0.2) is 13.2 Å². The number of aromatic amines is 1. The van der Waals surface area contributed by atoms with Gasteiger partial charge in [-0.3, -0.25) is 9.59 Å². The van der Waals surface area contributed by atoms with Crippen molar-refractivity contribution in [2.45, 2.75) is 38.8 Å². The Labute approximate surface area is 174 Å². The summed E-state index contributed by atoms with van der Waals surface area (Å²) < 4.78 is 25.4. The van der Waals surface area contributed by atoms with Crippen molar-refractivity contribution in [2.24, 2.45) is 5.92 Å². The third kappa shape index (κ3) is 5.80. The lowest BCUT2D eigenvalue weighted by molar-refractivity contribution is -0.129. The molecule has 30 heavy (non-hydrogen) atoms. The molecule has 2 rings (SSSR count). The summed E-state index contributed by atoms with van der Waals surface area (Å²) in [7, 11) is -3.30. The normalized spacial score (nSPS) is 13.7. The molecule has 2 aromatic rings. The van der Waals surface area contributed by atoms with Gasteiger partial charge in [-0.1, -0.05) is 32.0 Å². The number of sulfonamides is 1. The molecule has 0 aliphatic carbocycles. The van der Waals surface area contributed by atoms with E-state index in [9.17, 15) is 22.8 Å². The third-order valence-electron chi connectivity index (χ3n) is 4.53. The Morgan fingerprint density at radius 3 is 2.37 bits per heavy atom. The number of fused-ring (bicyclic) bond motifs is 1. The lowest BCUT2D eigenvalue weighted by Gasteiger charge is -2.23. The fourth-order valence-corrected chi connectivity index (χ4v) is 3.77. The van der Waals surface area contributed by atoms with Crippen molar-refractivity contribution in [2.75, 3.05) is 7.05 Å². The van der Waals surface area contributed by atoms with E-state index in [1.807, 2.05) is 29.0 Å². The van der Waals surface area contributed by atoms with Crippen LogP contribution in [-0.4, -0.2) is 54.8 Å². The van der Waals surface area contributed by atoms with E-state index in [1.165, 1.54) is 7.05 Å². The maximum atomic E-state index is 12.8. The van der Waals surface area contributed by atoms with Crippen LogP contribution >= 0.6 is 0 Å². The molecule has 164 valence electrons. The Hall–Kier alpha value is -2.92. The largest absolute Gasteiger partial charge is 0.469 e. The number of H-pyrrole nitrogens is 1. The van der Waals surface area contributed by atoms with Gasteiger partial charge in [0.1, 0.15) is 12.1 Å². The van der Waals surface area contributed by atoms with E-state index >= 15 is 0 Å². The van der Waals surface area contributed by atoms with Gasteiger partial charge in [-0.2, -0.15) is 4.72 Å². The number of hydrogen-bond donors (Lipinski definition) is 5. The molecule has 0 aliphatic rings. The predicted molar refractivity (Wildman–Crippen MR) is 111 cm³/mol. The van der Waals surface area contributed by atoms with Crippen LogP contribution in [-0.2, 0) is 26.0 Å². The van der Waals surface area contributed by atoms with Gasteiger partial charge in [-0.05, 0) is 24.0 Å². The highest BCUT2D eigenvalue weighted by molar-refractivity contribution is 8.03. The van der Waals surface area contributed by atoms with Crippen molar-refractivity contribution in [3.8, 4) is 0 Å². The monoisotopic (exact) mass is 438 g/mol. The molecule has 0 spiro atoms. The summed E-state index contributed by atoms with van der Waals surface area (Å²) >= 11 is 0. The van der Waals surface area contributed by atoms with Crippen molar-refractivity contribution in [1.29, 1.82) is 0 Å². The molecular weight excluding hydrogens is 412 g/mol. The van der Waals surface area contributed by atoms with Gasteiger partial charge in [-0.15, -0.1) is 0 Å². The van der Waals surface area contributed by atoms with Gasteiger partial charge in [0.2, 0.25) is 11.8 Å². The molecule has 0 bridgehead atoms. The highest BCUT2D eigenvalue weighted by atomic mass is 32.2. The van der Waals surface area contributed by atoms with E-state index in [2.05, 4.69) is 15.6 Å². The van der Waals surface area contributed by atoms with E-state index in [1.54, 1.807) is 20.0 Å². The summed E-state index contributed by atoms with van der Waals surface area (Å²) in [4.78, 5) is 39.2. The number of amides is 2. The van der Waals surface area contributed by atoms with Crippen molar-refractivity contribution < 1.29 is 27.9 Å². The Morgan fingerprint density at radius 2 is 1.77 bits per heavy atom. The second-order valence-electron chi connectivity index (χ2n) is 7.31. The van der Waals surface area contributed by atoms with Gasteiger partial charge in [0.15, 0.2) is 0 Å². The Kier molecular flexibility index (Phi) is 7.57. The second-order valence-corrected chi connectivity index (χ2v) is 8.90. The summed E-state index contributed by atoms with van der Waals surface area (Å²) in [5.74, 6) is -1.34. The van der Waals surface area contributed by atoms with E-state index in [4.69, 9.17) is 5.11 Å². The molecule has 2 atom stereocenters. The van der Waals surface area contributed by atoms with Crippen LogP contribution in [0.2, 0.25) is 0 Å². The van der Waals surface area contributed by atoms with E-state index < -0.39 is 39.2 Å². The summed E-state index contributed by atoms with van der Waals surface area (Å²) in [6, 6.07) is 5.17. The number of benzene rings is 1. The number of nitrogens with one attached hydrogen (secondary N) is 4. The molecule has 10 nitrogen and oxygen atoms in total. The molecule has 0 aliphatic heterocycles. The van der Waals surface area contributed by atoms with Crippen molar-refractivity contribution in [3.63, 3.8) is 0 Å². The summed E-state index contributed by atoms with van der Waals surface area (Å²) in [6.07, 6.45) is 1.97. The Balaban J connectivity index is 2.25. The highest BCUT2D eigenvalue weighted by Crippen LogP contribution is 2.19. The first kappa shape index (κ1) is 23.4. The zero-order valence-electron chi connectivity index (χ0n) is 16.9. The number of carbonyl (C=O) groups is 3. The first-order valence-electron chi connectivity index (χ1n) is 9.37. The van der Waals surface area contributed by atoms with Gasteiger partial charge >= 0.3 is 15.3 Å². The number of hydrogen-bond acceptors (Lipinski definition) is 5. The van der Waals surface area contributed by atoms with Crippen LogP contribution in [0.3, 0.4) is 0 Å². The van der Waals surface area contributed by atoms with Crippen molar-refractivity contribution >= 4 is 38.0 Å². The van der Waals surface area contributed by atoms with Crippen LogP contribution in [0, 0.1) is 5.92 Å². The Bertz CT molecular complexity index is 1030. The first-order valence-corrected chi connectivity index (χ1v) is 10.9. The van der Waals surface area contributed by atoms with Gasteiger partial charge in [0.05, 0.1) is 0 Å². The zero-order valence-corrected chi connectivity index (χ0v) is 17.7. The summed E-state index contributed by atoms with van der Waals surface area (Å²) in [6.45, 7) is 3.52. The topological polar surface area (TPSA) is 157 Å². The maximum Gasteiger partial charge on any atom is 0.437 e. The number of aromatic nitrogens is 1. The number of carbonyl (C=O) groups excluding carboxylic acids is 2. The van der Waals surface area contributed by atoms with Gasteiger partial charge < -0.3 is 20.7 Å². The predicted octanol–water partition coefficient (Wildman–Crippen LogP) is 0.953. The minimum Gasteiger partial charge on any atom is -0.469 e. The molecular formula is C19H26N4O6S. The van der Waals surface area contributed by atoms with Crippen LogP contribution in [0.25, 0.3) is 10.9 Å². The highest BCUT2D eigenvalue weighted by Gasteiger charge is 2.32. The lowest BCUT2D eigenvalue weighted by Crippen LogP contribution is -2.54. The maximum absolute atomic E-state index is 12.8. The SMILES string of the molecule is CNC(=O)C(Cc1c[nH]c2ccccc12)NC(=O)C(CC(C)C)NS(=O)(=O)C(=O)O. The molecule has 2 unspecified atom stereocenters. The van der Waals surface area contributed by atoms with Crippen molar-refractivity contribution in [1.82, 2.24) is 20.3 Å². The number of para-hydroxylation sites is 1. The Morgan fingerprint density at radius 1 is 1.10 bits per heavy atom.